The normalized spacial score (nSPS) is 10.9. The van der Waals surface area contributed by atoms with E-state index in [4.69, 9.17) is 17.0 Å². The fraction of sp³-hybridized carbons (Fsp3) is 0.323. The van der Waals surface area contributed by atoms with Crippen molar-refractivity contribution in [3.63, 3.8) is 0 Å². The molecular weight excluding hydrogens is 494 g/mol. The largest absolute Gasteiger partial charge is 0.494 e. The van der Waals surface area contributed by atoms with E-state index in [1.807, 2.05) is 24.3 Å². The molecular formula is C31H37N3O3S. The van der Waals surface area contributed by atoms with Crippen LogP contribution in [0.25, 0.3) is 0 Å². The lowest BCUT2D eigenvalue weighted by Gasteiger charge is -2.19. The molecule has 0 bridgehead atoms. The zero-order chi connectivity index (χ0) is 27.5. The van der Waals surface area contributed by atoms with Gasteiger partial charge in [-0.3, -0.25) is 14.9 Å². The van der Waals surface area contributed by atoms with Crippen molar-refractivity contribution >= 4 is 40.5 Å². The van der Waals surface area contributed by atoms with Crippen molar-refractivity contribution in [2.45, 2.75) is 58.8 Å². The maximum absolute atomic E-state index is 12.7. The first-order chi connectivity index (χ1) is 18.2. The van der Waals surface area contributed by atoms with Gasteiger partial charge in [0.1, 0.15) is 5.75 Å². The summed E-state index contributed by atoms with van der Waals surface area (Å²) in [4.78, 5) is 25.3. The molecule has 0 aliphatic rings. The molecule has 38 heavy (non-hydrogen) atoms. The van der Waals surface area contributed by atoms with Gasteiger partial charge < -0.3 is 15.4 Å². The number of thiocarbonyl (C=S) groups is 1. The van der Waals surface area contributed by atoms with Crippen LogP contribution >= 0.6 is 12.2 Å². The number of rotatable bonds is 10. The first-order valence-electron chi connectivity index (χ1n) is 13.0. The third-order valence-electron chi connectivity index (χ3n) is 6.00. The molecule has 0 fully saturated rings. The Morgan fingerprint density at radius 2 is 1.39 bits per heavy atom. The summed E-state index contributed by atoms with van der Waals surface area (Å²) in [6.07, 6.45) is 4.57. The first-order valence-corrected chi connectivity index (χ1v) is 13.4. The molecule has 3 N–H and O–H groups in total. The highest BCUT2D eigenvalue weighted by Crippen LogP contribution is 2.23. The fourth-order valence-corrected chi connectivity index (χ4v) is 3.97. The number of unbranched alkanes of at least 4 members (excludes halogenated alkanes) is 3. The van der Waals surface area contributed by atoms with E-state index in [1.54, 1.807) is 48.5 Å². The van der Waals surface area contributed by atoms with Crippen LogP contribution in [-0.4, -0.2) is 23.5 Å². The molecule has 3 rings (SSSR count). The Morgan fingerprint density at radius 1 is 0.789 bits per heavy atom. The highest BCUT2D eigenvalue weighted by Gasteiger charge is 2.15. The van der Waals surface area contributed by atoms with E-state index in [0.717, 1.165) is 24.2 Å². The van der Waals surface area contributed by atoms with Gasteiger partial charge in [0, 0.05) is 22.5 Å². The summed E-state index contributed by atoms with van der Waals surface area (Å²) in [7, 11) is 0. The fourth-order valence-electron chi connectivity index (χ4n) is 3.76. The molecule has 0 unspecified atom stereocenters. The minimum atomic E-state index is -0.319. The van der Waals surface area contributed by atoms with Crippen molar-refractivity contribution in [1.29, 1.82) is 0 Å². The highest BCUT2D eigenvalue weighted by molar-refractivity contribution is 7.80. The molecule has 3 aromatic rings. The SMILES string of the molecule is CCCCCCOc1ccc(C(=O)NC(=S)Nc2cccc(NC(=O)c3ccc(C(C)(C)C)cc3)c2)cc1. The summed E-state index contributed by atoms with van der Waals surface area (Å²) in [5, 5.41) is 8.75. The monoisotopic (exact) mass is 531 g/mol. The molecule has 0 saturated heterocycles. The van der Waals surface area contributed by atoms with E-state index in [1.165, 1.54) is 12.8 Å². The molecule has 0 saturated carbocycles. The summed E-state index contributed by atoms with van der Waals surface area (Å²) >= 11 is 5.32. The molecule has 0 atom stereocenters. The quantitative estimate of drug-likeness (QED) is 0.189. The lowest BCUT2D eigenvalue weighted by molar-refractivity contribution is 0.0976. The smallest absolute Gasteiger partial charge is 0.257 e. The van der Waals surface area contributed by atoms with Crippen LogP contribution < -0.4 is 20.7 Å². The van der Waals surface area contributed by atoms with E-state index in [9.17, 15) is 9.59 Å². The average Bonchev–Trinajstić information content (AvgIpc) is 2.88. The molecule has 7 heteroatoms. The van der Waals surface area contributed by atoms with Gasteiger partial charge in [0.25, 0.3) is 11.8 Å². The number of carbonyl (C=O) groups is 2. The van der Waals surface area contributed by atoms with Crippen LogP contribution in [0.2, 0.25) is 0 Å². The zero-order valence-corrected chi connectivity index (χ0v) is 23.4. The van der Waals surface area contributed by atoms with Gasteiger partial charge in [0.05, 0.1) is 6.61 Å². The third kappa shape index (κ3) is 8.99. The van der Waals surface area contributed by atoms with Gasteiger partial charge >= 0.3 is 0 Å². The van der Waals surface area contributed by atoms with E-state index in [2.05, 4.69) is 43.6 Å². The summed E-state index contributed by atoms with van der Waals surface area (Å²) < 4.78 is 5.73. The van der Waals surface area contributed by atoms with Gasteiger partial charge in [-0.25, -0.2) is 0 Å². The highest BCUT2D eigenvalue weighted by atomic mass is 32.1. The molecule has 200 valence electrons. The van der Waals surface area contributed by atoms with Crippen LogP contribution in [-0.2, 0) is 5.41 Å². The first kappa shape index (κ1) is 28.9. The van der Waals surface area contributed by atoms with E-state index in [-0.39, 0.29) is 22.3 Å². The summed E-state index contributed by atoms with van der Waals surface area (Å²) in [5.41, 5.74) is 3.49. The Morgan fingerprint density at radius 3 is 2.03 bits per heavy atom. The van der Waals surface area contributed by atoms with Crippen LogP contribution in [0.4, 0.5) is 11.4 Å². The van der Waals surface area contributed by atoms with Crippen molar-refractivity contribution in [2.75, 3.05) is 17.2 Å². The topological polar surface area (TPSA) is 79.5 Å². The van der Waals surface area contributed by atoms with E-state index >= 15 is 0 Å². The molecule has 0 spiro atoms. The van der Waals surface area contributed by atoms with Crippen molar-refractivity contribution in [3.05, 3.63) is 89.5 Å². The van der Waals surface area contributed by atoms with Gasteiger partial charge in [0.2, 0.25) is 0 Å². The summed E-state index contributed by atoms with van der Waals surface area (Å²) in [6.45, 7) is 9.25. The average molecular weight is 532 g/mol. The van der Waals surface area contributed by atoms with Crippen molar-refractivity contribution in [2.24, 2.45) is 0 Å². The van der Waals surface area contributed by atoms with Gasteiger partial charge in [-0.05, 0) is 84.2 Å². The molecule has 2 amide bonds. The maximum Gasteiger partial charge on any atom is 0.257 e. The number of hydrogen-bond acceptors (Lipinski definition) is 4. The molecule has 0 heterocycles. The number of anilines is 2. The Bertz CT molecular complexity index is 1230. The number of ether oxygens (including phenoxy) is 1. The van der Waals surface area contributed by atoms with Gasteiger partial charge in [-0.1, -0.05) is 65.2 Å². The number of hydrogen-bond donors (Lipinski definition) is 3. The van der Waals surface area contributed by atoms with Gasteiger partial charge in [-0.2, -0.15) is 0 Å². The van der Waals surface area contributed by atoms with Gasteiger partial charge in [-0.15, -0.1) is 0 Å². The number of nitrogens with one attached hydrogen (secondary N) is 3. The molecule has 0 aromatic heterocycles. The summed E-state index contributed by atoms with van der Waals surface area (Å²) in [6, 6.07) is 21.8. The van der Waals surface area contributed by atoms with Crippen LogP contribution in [0.15, 0.2) is 72.8 Å². The van der Waals surface area contributed by atoms with Crippen molar-refractivity contribution in [3.8, 4) is 5.75 Å². The summed E-state index contributed by atoms with van der Waals surface area (Å²) in [5.74, 6) is 0.217. The molecule has 3 aromatic carbocycles. The van der Waals surface area contributed by atoms with Gasteiger partial charge in [0.15, 0.2) is 5.11 Å². The standard InChI is InChI=1S/C31H37N3O3S/c1-5-6-7-8-20-37-27-18-14-23(15-19-27)29(36)34-30(38)33-26-11-9-10-25(21-26)32-28(35)22-12-16-24(17-13-22)31(2,3)4/h9-19,21H,5-8,20H2,1-4H3,(H,32,35)(H2,33,34,36,38). The van der Waals surface area contributed by atoms with E-state index in [0.29, 0.717) is 29.1 Å². The second kappa shape index (κ2) is 13.7. The molecule has 0 aliphatic carbocycles. The Labute approximate surface area is 231 Å². The van der Waals surface area contributed by atoms with Crippen LogP contribution in [0.3, 0.4) is 0 Å². The van der Waals surface area contributed by atoms with Crippen LogP contribution in [0.5, 0.6) is 5.75 Å². The lowest BCUT2D eigenvalue weighted by Crippen LogP contribution is -2.34. The van der Waals surface area contributed by atoms with Crippen LogP contribution in [0.1, 0.15) is 79.7 Å². The second-order valence-corrected chi connectivity index (χ2v) is 10.6. The predicted octanol–water partition coefficient (Wildman–Crippen LogP) is 7.32. The zero-order valence-electron chi connectivity index (χ0n) is 22.6. The number of amides is 2. The maximum atomic E-state index is 12.7. The van der Waals surface area contributed by atoms with Crippen molar-refractivity contribution in [1.82, 2.24) is 5.32 Å². The number of benzene rings is 3. The van der Waals surface area contributed by atoms with Crippen LogP contribution in [0, 0.1) is 0 Å². The van der Waals surface area contributed by atoms with E-state index < -0.39 is 0 Å². The lowest BCUT2D eigenvalue weighted by atomic mass is 9.87. The molecule has 6 nitrogen and oxygen atoms in total. The van der Waals surface area contributed by atoms with Crippen molar-refractivity contribution < 1.29 is 14.3 Å². The molecule has 0 radical (unpaired) electrons. The predicted molar refractivity (Wildman–Crippen MR) is 159 cm³/mol. The minimum Gasteiger partial charge on any atom is -0.494 e. The second-order valence-electron chi connectivity index (χ2n) is 10.2. The Balaban J connectivity index is 1.51. The number of carbonyl (C=O) groups excluding carboxylic acids is 2. The minimum absolute atomic E-state index is 0.0221. The third-order valence-corrected chi connectivity index (χ3v) is 6.21. The Hall–Kier alpha value is -3.71. The molecule has 0 aliphatic heterocycles. The Kier molecular flexibility index (Phi) is 10.4.